The van der Waals surface area contributed by atoms with Gasteiger partial charge in [-0.3, -0.25) is 0 Å². The Morgan fingerprint density at radius 1 is 1.06 bits per heavy atom. The van der Waals surface area contributed by atoms with Crippen LogP contribution in [0.3, 0.4) is 0 Å². The quantitative estimate of drug-likeness (QED) is 0.873. The highest BCUT2D eigenvalue weighted by molar-refractivity contribution is 5.25. The molecule has 0 amide bonds. The molecule has 0 saturated carbocycles. The van der Waals surface area contributed by atoms with Crippen LogP contribution in [-0.4, -0.2) is 17.3 Å². The highest BCUT2D eigenvalue weighted by Gasteiger charge is 1.99. The maximum Gasteiger partial charge on any atom is 0.233 e. The average molecular weight is 243 g/mol. The predicted octanol–water partition coefficient (Wildman–Crippen LogP) is 2.08. The topological polar surface area (TPSA) is 47.0 Å². The van der Waals surface area contributed by atoms with Gasteiger partial charge in [-0.1, -0.05) is 24.3 Å². The van der Waals surface area contributed by atoms with Crippen molar-refractivity contribution in [3.63, 3.8) is 0 Å². The summed E-state index contributed by atoms with van der Waals surface area (Å²) in [6, 6.07) is 12.1. The molecule has 1 heterocycles. The first-order valence-corrected chi connectivity index (χ1v) is 5.91. The Balaban J connectivity index is 1.86. The molecule has 18 heavy (non-hydrogen) atoms. The molecule has 2 rings (SSSR count). The molecular formula is C14H17N3O. The SMILES string of the molecule is COc1ccc(CNCc2ccccc2C)nn1. The van der Waals surface area contributed by atoms with E-state index in [9.17, 15) is 0 Å². The van der Waals surface area contributed by atoms with Crippen LogP contribution in [0.15, 0.2) is 36.4 Å². The monoisotopic (exact) mass is 243 g/mol. The summed E-state index contributed by atoms with van der Waals surface area (Å²) in [5, 5.41) is 11.3. The van der Waals surface area contributed by atoms with Crippen molar-refractivity contribution < 1.29 is 4.74 Å². The van der Waals surface area contributed by atoms with E-state index >= 15 is 0 Å². The molecule has 1 N–H and O–H groups in total. The molecule has 0 atom stereocenters. The van der Waals surface area contributed by atoms with Gasteiger partial charge < -0.3 is 10.1 Å². The number of methoxy groups -OCH3 is 1. The maximum atomic E-state index is 4.96. The molecular weight excluding hydrogens is 226 g/mol. The van der Waals surface area contributed by atoms with E-state index in [2.05, 4.69) is 40.6 Å². The molecule has 4 heteroatoms. The summed E-state index contributed by atoms with van der Waals surface area (Å²) in [5.74, 6) is 0.539. The van der Waals surface area contributed by atoms with Gasteiger partial charge in [-0.2, -0.15) is 5.10 Å². The minimum Gasteiger partial charge on any atom is -0.480 e. The number of nitrogens with one attached hydrogen (secondary N) is 1. The summed E-state index contributed by atoms with van der Waals surface area (Å²) >= 11 is 0. The van der Waals surface area contributed by atoms with Crippen LogP contribution in [0.4, 0.5) is 0 Å². The lowest BCUT2D eigenvalue weighted by molar-refractivity contribution is 0.390. The van der Waals surface area contributed by atoms with Gasteiger partial charge in [-0.05, 0) is 24.1 Å². The first-order chi connectivity index (χ1) is 8.79. The summed E-state index contributed by atoms with van der Waals surface area (Å²) in [4.78, 5) is 0. The highest BCUT2D eigenvalue weighted by atomic mass is 16.5. The molecule has 2 aromatic rings. The first-order valence-electron chi connectivity index (χ1n) is 5.91. The molecule has 0 aliphatic heterocycles. The smallest absolute Gasteiger partial charge is 0.233 e. The molecule has 0 saturated heterocycles. The van der Waals surface area contributed by atoms with Crippen molar-refractivity contribution in [1.82, 2.24) is 15.5 Å². The van der Waals surface area contributed by atoms with Gasteiger partial charge in [-0.25, -0.2) is 0 Å². The van der Waals surface area contributed by atoms with Crippen LogP contribution in [-0.2, 0) is 13.1 Å². The number of rotatable bonds is 5. The minimum atomic E-state index is 0.539. The molecule has 1 aromatic heterocycles. The van der Waals surface area contributed by atoms with Crippen LogP contribution in [0.1, 0.15) is 16.8 Å². The van der Waals surface area contributed by atoms with Gasteiger partial charge in [-0.15, -0.1) is 5.10 Å². The molecule has 0 aliphatic rings. The van der Waals surface area contributed by atoms with Crippen molar-refractivity contribution in [3.05, 3.63) is 53.2 Å². The van der Waals surface area contributed by atoms with E-state index in [0.29, 0.717) is 12.4 Å². The molecule has 4 nitrogen and oxygen atoms in total. The second kappa shape index (κ2) is 6.12. The Labute approximate surface area is 107 Å². The van der Waals surface area contributed by atoms with Crippen molar-refractivity contribution in [2.75, 3.05) is 7.11 Å². The second-order valence-corrected chi connectivity index (χ2v) is 4.10. The van der Waals surface area contributed by atoms with E-state index < -0.39 is 0 Å². The third-order valence-corrected chi connectivity index (χ3v) is 2.79. The van der Waals surface area contributed by atoms with Gasteiger partial charge in [0.05, 0.1) is 12.8 Å². The number of ether oxygens (including phenoxy) is 1. The van der Waals surface area contributed by atoms with Crippen molar-refractivity contribution in [3.8, 4) is 5.88 Å². The Morgan fingerprint density at radius 2 is 1.89 bits per heavy atom. The minimum absolute atomic E-state index is 0.539. The fraction of sp³-hybridized carbons (Fsp3) is 0.286. The first kappa shape index (κ1) is 12.5. The summed E-state index contributed by atoms with van der Waals surface area (Å²) < 4.78 is 4.96. The van der Waals surface area contributed by atoms with Crippen molar-refractivity contribution in [1.29, 1.82) is 0 Å². The lowest BCUT2D eigenvalue weighted by Crippen LogP contribution is -2.14. The lowest BCUT2D eigenvalue weighted by Gasteiger charge is -2.07. The standard InChI is InChI=1S/C14H17N3O/c1-11-5-3-4-6-12(11)9-15-10-13-7-8-14(18-2)17-16-13/h3-8,15H,9-10H2,1-2H3. The van der Waals surface area contributed by atoms with E-state index in [1.54, 1.807) is 7.11 Å². The summed E-state index contributed by atoms with van der Waals surface area (Å²) in [6.45, 7) is 3.65. The van der Waals surface area contributed by atoms with Gasteiger partial charge >= 0.3 is 0 Å². The number of nitrogens with zero attached hydrogens (tertiary/aromatic N) is 2. The fourth-order valence-electron chi connectivity index (χ4n) is 1.68. The van der Waals surface area contributed by atoms with E-state index in [-0.39, 0.29) is 0 Å². The molecule has 0 spiro atoms. The zero-order chi connectivity index (χ0) is 12.8. The summed E-state index contributed by atoms with van der Waals surface area (Å²) in [5.41, 5.74) is 3.51. The third-order valence-electron chi connectivity index (χ3n) is 2.79. The zero-order valence-electron chi connectivity index (χ0n) is 10.7. The Morgan fingerprint density at radius 3 is 2.56 bits per heavy atom. The molecule has 1 aromatic carbocycles. The average Bonchev–Trinajstić information content (AvgIpc) is 2.42. The van der Waals surface area contributed by atoms with Crippen LogP contribution >= 0.6 is 0 Å². The van der Waals surface area contributed by atoms with Gasteiger partial charge in [0.2, 0.25) is 5.88 Å². The van der Waals surface area contributed by atoms with E-state index in [1.165, 1.54) is 11.1 Å². The highest BCUT2D eigenvalue weighted by Crippen LogP contribution is 2.07. The second-order valence-electron chi connectivity index (χ2n) is 4.10. The fourth-order valence-corrected chi connectivity index (χ4v) is 1.68. The number of aryl methyl sites for hydroxylation is 1. The number of benzene rings is 1. The van der Waals surface area contributed by atoms with Crippen LogP contribution in [0.2, 0.25) is 0 Å². The number of aromatic nitrogens is 2. The third kappa shape index (κ3) is 3.28. The van der Waals surface area contributed by atoms with E-state index in [0.717, 1.165) is 12.2 Å². The van der Waals surface area contributed by atoms with Crippen molar-refractivity contribution >= 4 is 0 Å². The maximum absolute atomic E-state index is 4.96. The van der Waals surface area contributed by atoms with Crippen LogP contribution in [0, 0.1) is 6.92 Å². The Kier molecular flexibility index (Phi) is 4.25. The molecule has 94 valence electrons. The summed E-state index contributed by atoms with van der Waals surface area (Å²) in [6.07, 6.45) is 0. The molecule has 0 aliphatic carbocycles. The van der Waals surface area contributed by atoms with E-state index in [1.807, 2.05) is 18.2 Å². The Hall–Kier alpha value is -1.94. The Bertz CT molecular complexity index is 497. The van der Waals surface area contributed by atoms with Crippen LogP contribution in [0.5, 0.6) is 5.88 Å². The van der Waals surface area contributed by atoms with Crippen LogP contribution < -0.4 is 10.1 Å². The van der Waals surface area contributed by atoms with Crippen molar-refractivity contribution in [2.45, 2.75) is 20.0 Å². The van der Waals surface area contributed by atoms with Gasteiger partial charge in [0.15, 0.2) is 0 Å². The van der Waals surface area contributed by atoms with Gasteiger partial charge in [0.25, 0.3) is 0 Å². The van der Waals surface area contributed by atoms with Crippen LogP contribution in [0.25, 0.3) is 0 Å². The zero-order valence-corrected chi connectivity index (χ0v) is 10.7. The van der Waals surface area contributed by atoms with E-state index in [4.69, 9.17) is 4.74 Å². The largest absolute Gasteiger partial charge is 0.480 e. The van der Waals surface area contributed by atoms with Crippen molar-refractivity contribution in [2.24, 2.45) is 0 Å². The number of hydrogen-bond donors (Lipinski definition) is 1. The number of hydrogen-bond acceptors (Lipinski definition) is 4. The summed E-state index contributed by atoms with van der Waals surface area (Å²) in [7, 11) is 1.58. The molecule has 0 radical (unpaired) electrons. The normalized spacial score (nSPS) is 10.3. The molecule has 0 bridgehead atoms. The van der Waals surface area contributed by atoms with Gasteiger partial charge in [0.1, 0.15) is 0 Å². The van der Waals surface area contributed by atoms with Gasteiger partial charge in [0, 0.05) is 19.2 Å². The molecule has 0 fully saturated rings. The molecule has 0 unspecified atom stereocenters. The lowest BCUT2D eigenvalue weighted by atomic mass is 10.1. The predicted molar refractivity (Wildman–Crippen MR) is 70.3 cm³/mol.